The number of aliphatic hydroxyl groups excluding tert-OH is 1. The minimum atomic E-state index is -0.416. The van der Waals surface area contributed by atoms with Gasteiger partial charge in [0, 0.05) is 23.2 Å². The number of aliphatic hydroxyl groups is 1. The number of rotatable bonds is 8. The molecule has 0 fully saturated rings. The van der Waals surface area contributed by atoms with Gasteiger partial charge in [-0.25, -0.2) is 4.39 Å². The van der Waals surface area contributed by atoms with Crippen molar-refractivity contribution >= 4 is 11.6 Å². The molecule has 0 spiro atoms. The van der Waals surface area contributed by atoms with Crippen LogP contribution in [0.3, 0.4) is 0 Å². The molecule has 0 saturated heterocycles. The molecule has 0 atom stereocenters. The summed E-state index contributed by atoms with van der Waals surface area (Å²) in [6.07, 6.45) is 0. The fourth-order valence-corrected chi connectivity index (χ4v) is 2.43. The van der Waals surface area contributed by atoms with Crippen molar-refractivity contribution in [1.82, 2.24) is 5.32 Å². The van der Waals surface area contributed by atoms with Crippen LogP contribution in [0.15, 0.2) is 36.4 Å². The Kier molecular flexibility index (Phi) is 6.64. The van der Waals surface area contributed by atoms with E-state index in [0.717, 1.165) is 5.56 Å². The molecule has 2 aromatic carbocycles. The molecule has 2 N–H and O–H groups in total. The molecule has 0 aliphatic heterocycles. The topological polar surface area (TPSA) is 50.7 Å². The lowest BCUT2D eigenvalue weighted by atomic mass is 10.1. The van der Waals surface area contributed by atoms with E-state index in [1.807, 2.05) is 32.0 Å². The SMILES string of the molecule is COc1cccc(CNC(C)(C)CO)c1OCc1ccc(F)cc1Cl. The lowest BCUT2D eigenvalue weighted by Gasteiger charge is -2.24. The number of methoxy groups -OCH3 is 1. The molecular formula is C19H23ClFNO3. The number of ether oxygens (including phenoxy) is 2. The summed E-state index contributed by atoms with van der Waals surface area (Å²) in [5.41, 5.74) is 1.16. The highest BCUT2D eigenvalue weighted by molar-refractivity contribution is 6.31. The third-order valence-electron chi connectivity index (χ3n) is 3.82. The summed E-state index contributed by atoms with van der Waals surface area (Å²) in [4.78, 5) is 0. The number of hydrogen-bond acceptors (Lipinski definition) is 4. The van der Waals surface area contributed by atoms with Gasteiger partial charge in [0.25, 0.3) is 0 Å². The maximum Gasteiger partial charge on any atom is 0.166 e. The molecule has 0 saturated carbocycles. The Balaban J connectivity index is 2.20. The van der Waals surface area contributed by atoms with E-state index in [9.17, 15) is 9.50 Å². The molecular weight excluding hydrogens is 345 g/mol. The van der Waals surface area contributed by atoms with Gasteiger partial charge < -0.3 is 19.9 Å². The van der Waals surface area contributed by atoms with E-state index >= 15 is 0 Å². The third kappa shape index (κ3) is 5.33. The fraction of sp³-hybridized carbons (Fsp3) is 0.368. The summed E-state index contributed by atoms with van der Waals surface area (Å²) in [5.74, 6) is 0.799. The van der Waals surface area contributed by atoms with Gasteiger partial charge in [-0.2, -0.15) is 0 Å². The second-order valence-corrected chi connectivity index (χ2v) is 6.78. The summed E-state index contributed by atoms with van der Waals surface area (Å²) in [6.45, 7) is 4.52. The van der Waals surface area contributed by atoms with Crippen molar-refractivity contribution in [3.8, 4) is 11.5 Å². The van der Waals surface area contributed by atoms with E-state index in [1.54, 1.807) is 13.2 Å². The van der Waals surface area contributed by atoms with E-state index in [4.69, 9.17) is 21.1 Å². The highest BCUT2D eigenvalue weighted by atomic mass is 35.5. The molecule has 0 bridgehead atoms. The smallest absolute Gasteiger partial charge is 0.166 e. The summed E-state index contributed by atoms with van der Waals surface area (Å²) in [6, 6.07) is 9.81. The van der Waals surface area contributed by atoms with Gasteiger partial charge >= 0.3 is 0 Å². The Morgan fingerprint density at radius 3 is 2.60 bits per heavy atom. The molecule has 4 nitrogen and oxygen atoms in total. The van der Waals surface area contributed by atoms with Crippen LogP contribution in [0.25, 0.3) is 0 Å². The molecule has 0 aromatic heterocycles. The molecule has 6 heteroatoms. The maximum absolute atomic E-state index is 13.2. The largest absolute Gasteiger partial charge is 0.493 e. The first kappa shape index (κ1) is 19.5. The minimum Gasteiger partial charge on any atom is -0.493 e. The van der Waals surface area contributed by atoms with E-state index < -0.39 is 5.54 Å². The molecule has 136 valence electrons. The van der Waals surface area contributed by atoms with Crippen molar-refractivity contribution in [2.24, 2.45) is 0 Å². The van der Waals surface area contributed by atoms with Crippen LogP contribution in [0.5, 0.6) is 11.5 Å². The Labute approximate surface area is 152 Å². The summed E-state index contributed by atoms with van der Waals surface area (Å²) in [7, 11) is 1.57. The predicted octanol–water partition coefficient (Wildman–Crippen LogP) is 3.93. The first-order valence-corrected chi connectivity index (χ1v) is 8.32. The van der Waals surface area contributed by atoms with Gasteiger partial charge in [0.15, 0.2) is 11.5 Å². The highest BCUT2D eigenvalue weighted by Crippen LogP contribution is 2.32. The Morgan fingerprint density at radius 2 is 1.96 bits per heavy atom. The number of nitrogens with one attached hydrogen (secondary N) is 1. The Morgan fingerprint density at radius 1 is 1.20 bits per heavy atom. The van der Waals surface area contributed by atoms with Gasteiger partial charge in [-0.3, -0.25) is 0 Å². The number of benzene rings is 2. The molecule has 0 aliphatic rings. The zero-order valence-electron chi connectivity index (χ0n) is 14.6. The first-order chi connectivity index (χ1) is 11.9. The van der Waals surface area contributed by atoms with Gasteiger partial charge in [-0.05, 0) is 32.0 Å². The second-order valence-electron chi connectivity index (χ2n) is 6.37. The second kappa shape index (κ2) is 8.52. The number of hydrogen-bond donors (Lipinski definition) is 2. The third-order valence-corrected chi connectivity index (χ3v) is 4.17. The molecule has 0 radical (unpaired) electrons. The lowest BCUT2D eigenvalue weighted by Crippen LogP contribution is -2.42. The molecule has 0 aliphatic carbocycles. The summed E-state index contributed by atoms with van der Waals surface area (Å²) >= 11 is 6.06. The number of halogens is 2. The standard InChI is InChI=1S/C19H23ClFNO3/c1-19(2,12-23)22-10-13-5-4-6-17(24-3)18(13)25-11-14-7-8-15(21)9-16(14)20/h4-9,22-23H,10-12H2,1-3H3. The molecule has 0 unspecified atom stereocenters. The van der Waals surface area contributed by atoms with Gasteiger partial charge in [0.2, 0.25) is 0 Å². The van der Waals surface area contributed by atoms with Crippen LogP contribution >= 0.6 is 11.6 Å². The van der Waals surface area contributed by atoms with Crippen LogP contribution in [0.4, 0.5) is 4.39 Å². The first-order valence-electron chi connectivity index (χ1n) is 7.95. The Bertz CT molecular complexity index is 722. The van der Waals surface area contributed by atoms with Crippen LogP contribution in [0.2, 0.25) is 5.02 Å². The van der Waals surface area contributed by atoms with Crippen LogP contribution in [-0.2, 0) is 13.2 Å². The van der Waals surface area contributed by atoms with Gasteiger partial charge in [-0.15, -0.1) is 0 Å². The summed E-state index contributed by atoms with van der Waals surface area (Å²) in [5, 5.41) is 13.0. The number of para-hydroxylation sites is 1. The van der Waals surface area contributed by atoms with E-state index in [-0.39, 0.29) is 19.0 Å². The van der Waals surface area contributed by atoms with Crippen LogP contribution < -0.4 is 14.8 Å². The molecule has 0 heterocycles. The van der Waals surface area contributed by atoms with Crippen molar-refractivity contribution in [2.45, 2.75) is 32.5 Å². The fourth-order valence-electron chi connectivity index (χ4n) is 2.20. The lowest BCUT2D eigenvalue weighted by molar-refractivity contribution is 0.186. The highest BCUT2D eigenvalue weighted by Gasteiger charge is 2.18. The van der Waals surface area contributed by atoms with Crippen LogP contribution in [-0.4, -0.2) is 24.4 Å². The Hall–Kier alpha value is -1.82. The van der Waals surface area contributed by atoms with Gasteiger partial charge in [-0.1, -0.05) is 29.8 Å². The van der Waals surface area contributed by atoms with E-state index in [0.29, 0.717) is 28.6 Å². The van der Waals surface area contributed by atoms with E-state index in [2.05, 4.69) is 5.32 Å². The van der Waals surface area contributed by atoms with Gasteiger partial charge in [0.1, 0.15) is 12.4 Å². The van der Waals surface area contributed by atoms with Crippen molar-refractivity contribution < 1.29 is 19.0 Å². The van der Waals surface area contributed by atoms with Crippen LogP contribution in [0.1, 0.15) is 25.0 Å². The molecule has 2 aromatic rings. The molecule has 25 heavy (non-hydrogen) atoms. The average molecular weight is 368 g/mol. The van der Waals surface area contributed by atoms with Crippen molar-refractivity contribution in [3.63, 3.8) is 0 Å². The zero-order valence-corrected chi connectivity index (χ0v) is 15.4. The van der Waals surface area contributed by atoms with Crippen LogP contribution in [0, 0.1) is 5.82 Å². The van der Waals surface area contributed by atoms with Crippen molar-refractivity contribution in [3.05, 3.63) is 58.4 Å². The normalized spacial score (nSPS) is 11.4. The molecule has 2 rings (SSSR count). The van der Waals surface area contributed by atoms with E-state index in [1.165, 1.54) is 12.1 Å². The monoisotopic (exact) mass is 367 g/mol. The van der Waals surface area contributed by atoms with Crippen molar-refractivity contribution in [2.75, 3.05) is 13.7 Å². The van der Waals surface area contributed by atoms with Gasteiger partial charge in [0.05, 0.1) is 18.7 Å². The average Bonchev–Trinajstić information content (AvgIpc) is 2.59. The summed E-state index contributed by atoms with van der Waals surface area (Å²) < 4.78 is 24.5. The zero-order chi connectivity index (χ0) is 18.4. The quantitative estimate of drug-likeness (QED) is 0.742. The van der Waals surface area contributed by atoms with Crippen molar-refractivity contribution in [1.29, 1.82) is 0 Å². The minimum absolute atomic E-state index is 0.0122. The molecule has 0 amide bonds. The predicted molar refractivity (Wildman–Crippen MR) is 96.7 cm³/mol. The maximum atomic E-state index is 13.2.